The van der Waals surface area contributed by atoms with Crippen LogP contribution in [0, 0.1) is 0 Å². The van der Waals surface area contributed by atoms with E-state index in [0.29, 0.717) is 29.4 Å². The monoisotopic (exact) mass is 505 g/mol. The van der Waals surface area contributed by atoms with Gasteiger partial charge in [0.05, 0.1) is 33.7 Å². The maximum atomic E-state index is 13.2. The number of furan rings is 1. The molecule has 0 unspecified atom stereocenters. The third-order valence-corrected chi connectivity index (χ3v) is 6.02. The van der Waals surface area contributed by atoms with Gasteiger partial charge in [-0.15, -0.1) is 0 Å². The highest BCUT2D eigenvalue weighted by Crippen LogP contribution is 2.27. The highest BCUT2D eigenvalue weighted by Gasteiger charge is 2.18. The number of rotatable bonds is 10. The second-order valence-electron chi connectivity index (χ2n) is 8.44. The molecular weight excluding hydrogens is 474 g/mol. The molecule has 0 radical (unpaired) electrons. The van der Waals surface area contributed by atoms with Crippen molar-refractivity contribution in [2.45, 2.75) is 13.1 Å². The zero-order chi connectivity index (χ0) is 26.0. The number of hydrogen-bond donors (Lipinski definition) is 2. The number of carbonyl (C=O) groups is 2. The topological polar surface area (TPSA) is 102 Å². The minimum Gasteiger partial charge on any atom is -0.493 e. The average Bonchev–Trinajstić information content (AvgIpc) is 3.45. The summed E-state index contributed by atoms with van der Waals surface area (Å²) in [7, 11) is 3.01. The Morgan fingerprint density at radius 3 is 2.43 bits per heavy atom. The number of benzene rings is 2. The lowest BCUT2D eigenvalue weighted by Crippen LogP contribution is -2.36. The van der Waals surface area contributed by atoms with Gasteiger partial charge in [-0.25, -0.2) is 0 Å². The minimum atomic E-state index is -0.471. The molecule has 1 aliphatic heterocycles. The van der Waals surface area contributed by atoms with Crippen LogP contribution in [0.2, 0.25) is 0 Å². The molecule has 2 N–H and O–H groups in total. The van der Waals surface area contributed by atoms with E-state index in [1.807, 2.05) is 18.2 Å². The number of hydrogen-bond acceptors (Lipinski definition) is 7. The van der Waals surface area contributed by atoms with Crippen molar-refractivity contribution in [3.63, 3.8) is 0 Å². The van der Waals surface area contributed by atoms with E-state index in [2.05, 4.69) is 21.6 Å². The summed E-state index contributed by atoms with van der Waals surface area (Å²) in [6.07, 6.45) is 2.99. The van der Waals surface area contributed by atoms with Crippen LogP contribution in [0.1, 0.15) is 27.2 Å². The van der Waals surface area contributed by atoms with Crippen molar-refractivity contribution < 1.29 is 28.2 Å². The highest BCUT2D eigenvalue weighted by molar-refractivity contribution is 6.05. The second kappa shape index (κ2) is 12.8. The molecule has 194 valence electrons. The first-order valence-electron chi connectivity index (χ1n) is 12.0. The first-order chi connectivity index (χ1) is 18.1. The lowest BCUT2D eigenvalue weighted by Gasteiger charge is -2.27. The molecule has 2 amide bonds. The van der Waals surface area contributed by atoms with Gasteiger partial charge in [0.15, 0.2) is 11.5 Å². The van der Waals surface area contributed by atoms with Gasteiger partial charge >= 0.3 is 0 Å². The van der Waals surface area contributed by atoms with Gasteiger partial charge in [-0.2, -0.15) is 0 Å². The van der Waals surface area contributed by atoms with E-state index in [0.717, 1.165) is 44.0 Å². The molecule has 4 rings (SSSR count). The fourth-order valence-corrected chi connectivity index (χ4v) is 4.00. The number of methoxy groups -OCH3 is 2. The normalized spacial score (nSPS) is 14.2. The lowest BCUT2D eigenvalue weighted by atomic mass is 10.1. The molecule has 0 aliphatic carbocycles. The van der Waals surface area contributed by atoms with Crippen LogP contribution in [0.5, 0.6) is 11.5 Å². The van der Waals surface area contributed by atoms with Crippen LogP contribution >= 0.6 is 0 Å². The van der Waals surface area contributed by atoms with E-state index >= 15 is 0 Å². The summed E-state index contributed by atoms with van der Waals surface area (Å²) in [5.41, 5.74) is 2.51. The highest BCUT2D eigenvalue weighted by atomic mass is 16.5. The Morgan fingerprint density at radius 1 is 0.973 bits per heavy atom. The zero-order valence-corrected chi connectivity index (χ0v) is 21.0. The van der Waals surface area contributed by atoms with Gasteiger partial charge in [0.1, 0.15) is 11.5 Å². The Balaban J connectivity index is 1.48. The van der Waals surface area contributed by atoms with Gasteiger partial charge in [0.2, 0.25) is 0 Å². The number of morpholine rings is 1. The summed E-state index contributed by atoms with van der Waals surface area (Å²) in [4.78, 5) is 28.6. The summed E-state index contributed by atoms with van der Waals surface area (Å²) >= 11 is 0. The van der Waals surface area contributed by atoms with Crippen molar-refractivity contribution >= 4 is 17.9 Å². The molecule has 1 aromatic heterocycles. The fraction of sp³-hybridized carbons (Fsp3) is 0.286. The molecule has 2 heterocycles. The van der Waals surface area contributed by atoms with Crippen LogP contribution < -0.4 is 20.1 Å². The number of nitrogens with zero attached hydrogens (tertiary/aromatic N) is 1. The van der Waals surface area contributed by atoms with Crippen molar-refractivity contribution in [3.05, 3.63) is 89.0 Å². The number of carbonyl (C=O) groups excluding carboxylic acids is 2. The standard InChI is InChI=1S/C28H31N3O6/c1-34-25-10-9-20(16-26(25)35-2)27(32)30-24(17-23-8-5-13-37-23)28(33)29-18-21-6-3-4-7-22(21)19-31-11-14-36-15-12-31/h3-10,13,16-17H,11-12,14-15,18-19H2,1-2H3,(H,29,33)(H,30,32)/b24-17-. The Bertz CT molecular complexity index is 1230. The summed E-state index contributed by atoms with van der Waals surface area (Å²) < 4.78 is 21.4. The van der Waals surface area contributed by atoms with E-state index in [1.54, 1.807) is 30.3 Å². The molecular formula is C28H31N3O6. The molecule has 9 nitrogen and oxygen atoms in total. The fourth-order valence-electron chi connectivity index (χ4n) is 4.00. The molecule has 0 spiro atoms. The van der Waals surface area contributed by atoms with Crippen molar-refractivity contribution in [1.82, 2.24) is 15.5 Å². The minimum absolute atomic E-state index is 0.0559. The van der Waals surface area contributed by atoms with Crippen LogP contribution in [0.3, 0.4) is 0 Å². The van der Waals surface area contributed by atoms with Gasteiger partial charge in [-0.3, -0.25) is 14.5 Å². The molecule has 0 atom stereocenters. The Labute approximate surface area is 216 Å². The van der Waals surface area contributed by atoms with E-state index in [4.69, 9.17) is 18.6 Å². The largest absolute Gasteiger partial charge is 0.493 e. The Kier molecular flexibility index (Phi) is 8.96. The predicted octanol–water partition coefficient (Wildman–Crippen LogP) is 3.22. The summed E-state index contributed by atoms with van der Waals surface area (Å²) in [6.45, 7) is 4.28. The van der Waals surface area contributed by atoms with Gasteiger partial charge in [0, 0.05) is 37.8 Å². The van der Waals surface area contributed by atoms with Gasteiger partial charge in [-0.05, 0) is 41.5 Å². The molecule has 9 heteroatoms. The Morgan fingerprint density at radius 2 is 1.73 bits per heavy atom. The quantitative estimate of drug-likeness (QED) is 0.408. The summed E-state index contributed by atoms with van der Waals surface area (Å²) in [5.74, 6) is 0.436. The first kappa shape index (κ1) is 26.0. The number of nitrogens with one attached hydrogen (secondary N) is 2. The van der Waals surface area contributed by atoms with Crippen LogP contribution in [-0.4, -0.2) is 57.2 Å². The van der Waals surface area contributed by atoms with Crippen molar-refractivity contribution in [3.8, 4) is 11.5 Å². The van der Waals surface area contributed by atoms with Crippen molar-refractivity contribution in [2.75, 3.05) is 40.5 Å². The molecule has 1 saturated heterocycles. The maximum Gasteiger partial charge on any atom is 0.268 e. The SMILES string of the molecule is COc1ccc(C(=O)N/C(=C\c2ccco2)C(=O)NCc2ccccc2CN2CCOCC2)cc1OC. The molecule has 1 fully saturated rings. The van der Waals surface area contributed by atoms with Crippen molar-refractivity contribution in [1.29, 1.82) is 0 Å². The van der Waals surface area contributed by atoms with E-state index in [-0.39, 0.29) is 5.70 Å². The molecule has 3 aromatic rings. The molecule has 0 saturated carbocycles. The third kappa shape index (κ3) is 6.99. The van der Waals surface area contributed by atoms with Crippen LogP contribution in [0.4, 0.5) is 0 Å². The lowest BCUT2D eigenvalue weighted by molar-refractivity contribution is -0.117. The van der Waals surface area contributed by atoms with Crippen molar-refractivity contribution in [2.24, 2.45) is 0 Å². The third-order valence-electron chi connectivity index (χ3n) is 6.02. The number of ether oxygens (including phenoxy) is 3. The maximum absolute atomic E-state index is 13.2. The predicted molar refractivity (Wildman–Crippen MR) is 138 cm³/mol. The van der Waals surface area contributed by atoms with E-state index in [9.17, 15) is 9.59 Å². The molecule has 37 heavy (non-hydrogen) atoms. The van der Waals surface area contributed by atoms with Crippen LogP contribution in [-0.2, 0) is 22.6 Å². The van der Waals surface area contributed by atoms with E-state index < -0.39 is 11.8 Å². The molecule has 2 aromatic carbocycles. The zero-order valence-electron chi connectivity index (χ0n) is 21.0. The second-order valence-corrected chi connectivity index (χ2v) is 8.44. The first-order valence-corrected chi connectivity index (χ1v) is 12.0. The summed E-state index contributed by atoms with van der Waals surface area (Å²) in [6, 6.07) is 16.2. The van der Waals surface area contributed by atoms with Crippen LogP contribution in [0.25, 0.3) is 6.08 Å². The Hall–Kier alpha value is -4.08. The molecule has 1 aliphatic rings. The van der Waals surface area contributed by atoms with Gasteiger partial charge < -0.3 is 29.3 Å². The van der Waals surface area contributed by atoms with Crippen LogP contribution in [0.15, 0.2) is 71.0 Å². The molecule has 0 bridgehead atoms. The van der Waals surface area contributed by atoms with E-state index in [1.165, 1.54) is 26.6 Å². The van der Waals surface area contributed by atoms with Gasteiger partial charge in [-0.1, -0.05) is 24.3 Å². The smallest absolute Gasteiger partial charge is 0.268 e. The summed E-state index contributed by atoms with van der Waals surface area (Å²) in [5, 5.41) is 5.64. The average molecular weight is 506 g/mol. The van der Waals surface area contributed by atoms with Gasteiger partial charge in [0.25, 0.3) is 11.8 Å². The number of amides is 2.